The maximum atomic E-state index is 13.7. The predicted octanol–water partition coefficient (Wildman–Crippen LogP) is 3.51. The second-order valence-electron chi connectivity index (χ2n) is 9.69. The van der Waals surface area contributed by atoms with E-state index in [1.807, 2.05) is 42.3 Å². The summed E-state index contributed by atoms with van der Waals surface area (Å²) in [5.41, 5.74) is 2.27. The van der Waals surface area contributed by atoms with Crippen LogP contribution < -0.4 is 14.2 Å². The number of esters is 3. The largest absolute Gasteiger partial charge is 0.493 e. The molecular formula is C30H34N2O9. The SMILES string of the molecule is COC(=O)c1c(C2C(C(=O)OCCN(C)Cc3ccccc3)=C(C)N=C(C)C2C(=O)OC)cc(OC)c2c1OCO2. The summed E-state index contributed by atoms with van der Waals surface area (Å²) >= 11 is 0. The molecule has 0 amide bonds. The Hall–Kier alpha value is -4.38. The van der Waals surface area contributed by atoms with Gasteiger partial charge in [-0.15, -0.1) is 0 Å². The van der Waals surface area contributed by atoms with Gasteiger partial charge in [0.15, 0.2) is 11.5 Å². The highest BCUT2D eigenvalue weighted by Gasteiger charge is 2.46. The molecule has 11 heteroatoms. The monoisotopic (exact) mass is 566 g/mol. The predicted molar refractivity (Wildman–Crippen MR) is 148 cm³/mol. The molecule has 0 bridgehead atoms. The van der Waals surface area contributed by atoms with E-state index < -0.39 is 29.7 Å². The van der Waals surface area contributed by atoms with Crippen molar-refractivity contribution in [1.82, 2.24) is 4.90 Å². The van der Waals surface area contributed by atoms with Crippen LogP contribution in [0.5, 0.6) is 17.2 Å². The number of likely N-dealkylation sites (N-methyl/N-ethyl adjacent to an activating group) is 1. The Labute approximate surface area is 238 Å². The van der Waals surface area contributed by atoms with E-state index in [-0.39, 0.29) is 47.3 Å². The van der Waals surface area contributed by atoms with Gasteiger partial charge >= 0.3 is 17.9 Å². The highest BCUT2D eigenvalue weighted by Crippen LogP contribution is 2.51. The maximum absolute atomic E-state index is 13.7. The molecule has 0 fully saturated rings. The molecule has 0 radical (unpaired) electrons. The summed E-state index contributed by atoms with van der Waals surface area (Å²) in [6.45, 7) is 4.41. The molecule has 0 saturated carbocycles. The summed E-state index contributed by atoms with van der Waals surface area (Å²) in [5.74, 6) is -3.52. The second kappa shape index (κ2) is 12.9. The molecule has 4 rings (SSSR count). The quantitative estimate of drug-likeness (QED) is 0.312. The highest BCUT2D eigenvalue weighted by molar-refractivity contribution is 6.08. The summed E-state index contributed by atoms with van der Waals surface area (Å²) in [6.07, 6.45) is 0. The van der Waals surface area contributed by atoms with Crippen LogP contribution in [-0.2, 0) is 30.3 Å². The zero-order valence-corrected chi connectivity index (χ0v) is 24.0. The van der Waals surface area contributed by atoms with Gasteiger partial charge in [0, 0.05) is 30.4 Å². The number of benzene rings is 2. The lowest BCUT2D eigenvalue weighted by atomic mass is 9.74. The molecule has 2 atom stereocenters. The summed E-state index contributed by atoms with van der Waals surface area (Å²) in [7, 11) is 5.84. The van der Waals surface area contributed by atoms with Gasteiger partial charge in [-0.1, -0.05) is 30.3 Å². The van der Waals surface area contributed by atoms with E-state index in [2.05, 4.69) is 4.99 Å². The van der Waals surface area contributed by atoms with E-state index in [0.29, 0.717) is 24.5 Å². The molecule has 2 aromatic carbocycles. The third-order valence-electron chi connectivity index (χ3n) is 7.09. The normalized spacial score (nSPS) is 17.7. The molecule has 11 nitrogen and oxygen atoms in total. The van der Waals surface area contributed by atoms with Gasteiger partial charge in [0.05, 0.1) is 26.9 Å². The number of ether oxygens (including phenoxy) is 6. The number of rotatable bonds is 10. The second-order valence-corrected chi connectivity index (χ2v) is 9.69. The van der Waals surface area contributed by atoms with E-state index in [1.54, 1.807) is 19.9 Å². The summed E-state index contributed by atoms with van der Waals surface area (Å²) in [5, 5.41) is 0. The molecule has 2 heterocycles. The van der Waals surface area contributed by atoms with Gasteiger partial charge in [0.2, 0.25) is 12.5 Å². The van der Waals surface area contributed by atoms with Crippen LogP contribution in [0.25, 0.3) is 0 Å². The van der Waals surface area contributed by atoms with E-state index in [1.165, 1.54) is 21.3 Å². The minimum Gasteiger partial charge on any atom is -0.493 e. The molecule has 2 unspecified atom stereocenters. The van der Waals surface area contributed by atoms with E-state index >= 15 is 0 Å². The fourth-order valence-corrected chi connectivity index (χ4v) is 5.18. The lowest BCUT2D eigenvalue weighted by Gasteiger charge is -2.32. The Bertz CT molecular complexity index is 1380. The first-order chi connectivity index (χ1) is 19.7. The summed E-state index contributed by atoms with van der Waals surface area (Å²) < 4.78 is 32.6. The Morgan fingerprint density at radius 3 is 2.37 bits per heavy atom. The molecule has 2 aromatic rings. The molecule has 2 aliphatic heterocycles. The Morgan fingerprint density at radius 2 is 1.71 bits per heavy atom. The summed E-state index contributed by atoms with van der Waals surface area (Å²) in [4.78, 5) is 46.5. The fourth-order valence-electron chi connectivity index (χ4n) is 5.18. The van der Waals surface area contributed by atoms with Crippen molar-refractivity contribution in [3.05, 3.63) is 64.4 Å². The van der Waals surface area contributed by atoms with Crippen LogP contribution in [0.15, 0.2) is 52.7 Å². The lowest BCUT2D eigenvalue weighted by Crippen LogP contribution is -2.37. The highest BCUT2D eigenvalue weighted by atomic mass is 16.7. The van der Waals surface area contributed by atoms with Gasteiger partial charge in [-0.3, -0.25) is 14.7 Å². The van der Waals surface area contributed by atoms with Gasteiger partial charge < -0.3 is 28.4 Å². The number of hydrogen-bond acceptors (Lipinski definition) is 11. The Balaban J connectivity index is 1.73. The molecule has 0 spiro atoms. The Morgan fingerprint density at radius 1 is 1.00 bits per heavy atom. The average molecular weight is 567 g/mol. The fraction of sp³-hybridized carbons (Fsp3) is 0.400. The molecule has 0 aliphatic carbocycles. The number of carbonyl (C=O) groups is 3. The minimum atomic E-state index is -1.04. The van der Waals surface area contributed by atoms with Crippen LogP contribution in [0.1, 0.15) is 41.3 Å². The molecule has 0 N–H and O–H groups in total. The van der Waals surface area contributed by atoms with Crippen LogP contribution >= 0.6 is 0 Å². The standard InChI is InChI=1S/C30H34N2O9/c1-17-22(28(33)37-5)24(20-14-21(36-4)26-27(41-16-40-26)25(20)29(34)38-6)23(18(2)31-17)30(35)39-13-12-32(3)15-19-10-8-7-9-11-19/h7-11,14,22,24H,12-13,15-16H2,1-6H3. The van der Waals surface area contributed by atoms with Crippen LogP contribution in [0, 0.1) is 5.92 Å². The number of nitrogens with zero attached hydrogens (tertiary/aromatic N) is 2. The van der Waals surface area contributed by atoms with Crippen molar-refractivity contribution < 1.29 is 42.8 Å². The van der Waals surface area contributed by atoms with E-state index in [4.69, 9.17) is 28.4 Å². The van der Waals surface area contributed by atoms with Crippen molar-refractivity contribution in [3.8, 4) is 17.2 Å². The van der Waals surface area contributed by atoms with Gasteiger partial charge in [0.1, 0.15) is 18.1 Å². The molecule has 0 aromatic heterocycles. The van der Waals surface area contributed by atoms with Crippen molar-refractivity contribution in [2.75, 3.05) is 48.3 Å². The topological polar surface area (TPSA) is 122 Å². The van der Waals surface area contributed by atoms with Crippen LogP contribution in [0.3, 0.4) is 0 Å². The first-order valence-electron chi connectivity index (χ1n) is 13.0. The number of methoxy groups -OCH3 is 3. The van der Waals surface area contributed by atoms with Gasteiger partial charge in [0.25, 0.3) is 0 Å². The average Bonchev–Trinajstić information content (AvgIpc) is 3.45. The van der Waals surface area contributed by atoms with Crippen molar-refractivity contribution >= 4 is 23.6 Å². The third kappa shape index (κ3) is 6.04. The third-order valence-corrected chi connectivity index (χ3v) is 7.09. The lowest BCUT2D eigenvalue weighted by molar-refractivity contribution is -0.144. The molecule has 41 heavy (non-hydrogen) atoms. The van der Waals surface area contributed by atoms with Gasteiger partial charge in [-0.25, -0.2) is 9.59 Å². The van der Waals surface area contributed by atoms with Gasteiger partial charge in [-0.2, -0.15) is 0 Å². The minimum absolute atomic E-state index is 0.00935. The summed E-state index contributed by atoms with van der Waals surface area (Å²) in [6, 6.07) is 11.5. The van der Waals surface area contributed by atoms with E-state index in [9.17, 15) is 14.4 Å². The number of allylic oxidation sites excluding steroid dienone is 1. The molecule has 218 valence electrons. The van der Waals surface area contributed by atoms with E-state index in [0.717, 1.165) is 5.56 Å². The molecule has 0 saturated heterocycles. The number of aliphatic imine (C=N–C) groups is 1. The van der Waals surface area contributed by atoms with Crippen molar-refractivity contribution in [1.29, 1.82) is 0 Å². The first kappa shape index (κ1) is 29.6. The molecule has 2 aliphatic rings. The van der Waals surface area contributed by atoms with Crippen molar-refractivity contribution in [2.24, 2.45) is 10.9 Å². The number of hydrogen-bond donors (Lipinski definition) is 0. The van der Waals surface area contributed by atoms with Gasteiger partial charge in [-0.05, 0) is 38.1 Å². The number of carbonyl (C=O) groups excluding carboxylic acids is 3. The van der Waals surface area contributed by atoms with Crippen molar-refractivity contribution in [3.63, 3.8) is 0 Å². The first-order valence-corrected chi connectivity index (χ1v) is 13.0. The molecular weight excluding hydrogens is 532 g/mol. The zero-order valence-electron chi connectivity index (χ0n) is 24.0. The smallest absolute Gasteiger partial charge is 0.342 e. The van der Waals surface area contributed by atoms with Crippen LogP contribution in [-0.4, -0.2) is 76.8 Å². The van der Waals surface area contributed by atoms with Crippen molar-refractivity contribution in [2.45, 2.75) is 26.3 Å². The van der Waals surface area contributed by atoms with Crippen LogP contribution in [0.4, 0.5) is 0 Å². The maximum Gasteiger partial charge on any atom is 0.342 e. The Kier molecular flexibility index (Phi) is 9.28. The van der Waals surface area contributed by atoms with Crippen LogP contribution in [0.2, 0.25) is 0 Å². The number of fused-ring (bicyclic) bond motifs is 1. The zero-order chi connectivity index (χ0) is 29.7.